The molecule has 20 heavy (non-hydrogen) atoms. The molecule has 0 atom stereocenters. The molecule has 98 valence electrons. The summed E-state index contributed by atoms with van der Waals surface area (Å²) in [6.07, 6.45) is 0. The highest BCUT2D eigenvalue weighted by Crippen LogP contribution is 2.38. The van der Waals surface area contributed by atoms with Gasteiger partial charge in [0.25, 0.3) is 0 Å². The molecule has 0 N–H and O–H groups in total. The van der Waals surface area contributed by atoms with Crippen LogP contribution in [0.25, 0.3) is 11.1 Å². The van der Waals surface area contributed by atoms with Crippen molar-refractivity contribution < 1.29 is 14.3 Å². The highest BCUT2D eigenvalue weighted by atomic mass is 16.5. The van der Waals surface area contributed by atoms with E-state index in [4.69, 9.17) is 4.74 Å². The van der Waals surface area contributed by atoms with Crippen molar-refractivity contribution >= 4 is 11.8 Å². The molecule has 0 bridgehead atoms. The molecule has 0 aliphatic heterocycles. The maximum atomic E-state index is 12.3. The van der Waals surface area contributed by atoms with E-state index >= 15 is 0 Å². The lowest BCUT2D eigenvalue weighted by Crippen LogP contribution is -2.08. The fourth-order valence-electron chi connectivity index (χ4n) is 2.26. The van der Waals surface area contributed by atoms with E-state index in [0.29, 0.717) is 22.4 Å². The minimum Gasteiger partial charge on any atom is -0.423 e. The molecule has 0 spiro atoms. The van der Waals surface area contributed by atoms with Gasteiger partial charge in [-0.25, -0.2) is 4.79 Å². The minimum absolute atomic E-state index is 0.0381. The van der Waals surface area contributed by atoms with E-state index in [2.05, 4.69) is 6.58 Å². The van der Waals surface area contributed by atoms with Crippen LogP contribution in [-0.4, -0.2) is 11.8 Å². The Kier molecular flexibility index (Phi) is 2.75. The first-order valence-corrected chi connectivity index (χ1v) is 6.24. The van der Waals surface area contributed by atoms with E-state index < -0.39 is 5.97 Å². The Morgan fingerprint density at radius 3 is 2.35 bits per heavy atom. The van der Waals surface area contributed by atoms with Gasteiger partial charge in [-0.05, 0) is 36.2 Å². The van der Waals surface area contributed by atoms with E-state index in [1.165, 1.54) is 0 Å². The van der Waals surface area contributed by atoms with Crippen molar-refractivity contribution in [1.29, 1.82) is 0 Å². The summed E-state index contributed by atoms with van der Waals surface area (Å²) >= 11 is 0. The van der Waals surface area contributed by atoms with Gasteiger partial charge in [-0.1, -0.05) is 30.8 Å². The third-order valence-corrected chi connectivity index (χ3v) is 3.26. The SMILES string of the molecule is C=C(C)C(=O)Oc1ccc2c(c1)C(=O)c1ccccc1-2. The van der Waals surface area contributed by atoms with Crippen LogP contribution in [0.5, 0.6) is 5.75 Å². The van der Waals surface area contributed by atoms with E-state index in [1.807, 2.05) is 18.2 Å². The van der Waals surface area contributed by atoms with Crippen molar-refractivity contribution in [1.82, 2.24) is 0 Å². The van der Waals surface area contributed by atoms with Crippen molar-refractivity contribution in [2.75, 3.05) is 0 Å². The Labute approximate surface area is 116 Å². The molecule has 3 nitrogen and oxygen atoms in total. The summed E-state index contributed by atoms with van der Waals surface area (Å²) in [5, 5.41) is 0. The summed E-state index contributed by atoms with van der Waals surface area (Å²) in [7, 11) is 0. The zero-order valence-corrected chi connectivity index (χ0v) is 11.0. The maximum absolute atomic E-state index is 12.3. The Bertz CT molecular complexity index is 757. The number of benzene rings is 2. The van der Waals surface area contributed by atoms with Crippen LogP contribution in [0.2, 0.25) is 0 Å². The van der Waals surface area contributed by atoms with Crippen LogP contribution in [0.1, 0.15) is 22.8 Å². The number of carbonyl (C=O) groups is 2. The number of carbonyl (C=O) groups excluding carboxylic acids is 2. The third kappa shape index (κ3) is 1.84. The van der Waals surface area contributed by atoms with Gasteiger partial charge in [-0.2, -0.15) is 0 Å². The van der Waals surface area contributed by atoms with Gasteiger partial charge in [0.2, 0.25) is 0 Å². The molecule has 1 aliphatic carbocycles. The zero-order valence-electron chi connectivity index (χ0n) is 11.0. The van der Waals surface area contributed by atoms with Gasteiger partial charge in [0.15, 0.2) is 5.78 Å². The molecule has 0 amide bonds. The third-order valence-electron chi connectivity index (χ3n) is 3.26. The van der Waals surface area contributed by atoms with Crippen LogP contribution in [0.15, 0.2) is 54.6 Å². The molecule has 3 rings (SSSR count). The van der Waals surface area contributed by atoms with Gasteiger partial charge >= 0.3 is 5.97 Å². The molecule has 0 fully saturated rings. The molecule has 0 unspecified atom stereocenters. The second-order valence-corrected chi connectivity index (χ2v) is 4.75. The van der Waals surface area contributed by atoms with E-state index in [-0.39, 0.29) is 5.78 Å². The van der Waals surface area contributed by atoms with Crippen molar-refractivity contribution in [2.45, 2.75) is 6.92 Å². The number of rotatable bonds is 2. The fourth-order valence-corrected chi connectivity index (χ4v) is 2.26. The molecular weight excluding hydrogens is 252 g/mol. The Balaban J connectivity index is 2.02. The second-order valence-electron chi connectivity index (χ2n) is 4.75. The van der Waals surface area contributed by atoms with Crippen LogP contribution in [0.3, 0.4) is 0 Å². The topological polar surface area (TPSA) is 43.4 Å². The summed E-state index contributed by atoms with van der Waals surface area (Å²) in [5.41, 5.74) is 3.37. The minimum atomic E-state index is -0.493. The first kappa shape index (κ1) is 12.4. The molecule has 0 heterocycles. The van der Waals surface area contributed by atoms with E-state index in [1.54, 1.807) is 31.2 Å². The standard InChI is InChI=1S/C17H12O3/c1-10(2)17(19)20-11-7-8-13-12-5-3-4-6-14(12)16(18)15(13)9-11/h3-9H,1H2,2H3. The molecule has 0 aromatic heterocycles. The van der Waals surface area contributed by atoms with Gasteiger partial charge < -0.3 is 4.74 Å². The lowest BCUT2D eigenvalue weighted by Gasteiger charge is -2.05. The maximum Gasteiger partial charge on any atom is 0.338 e. The molecule has 2 aromatic carbocycles. The first-order chi connectivity index (χ1) is 9.58. The van der Waals surface area contributed by atoms with Crippen molar-refractivity contribution in [3.63, 3.8) is 0 Å². The highest BCUT2D eigenvalue weighted by molar-refractivity contribution is 6.21. The second kappa shape index (κ2) is 4.46. The van der Waals surface area contributed by atoms with Crippen LogP contribution >= 0.6 is 0 Å². The van der Waals surface area contributed by atoms with Crippen LogP contribution in [-0.2, 0) is 4.79 Å². The molecule has 0 radical (unpaired) electrons. The lowest BCUT2D eigenvalue weighted by atomic mass is 10.1. The number of fused-ring (bicyclic) bond motifs is 3. The number of ketones is 1. The summed E-state index contributed by atoms with van der Waals surface area (Å²) in [4.78, 5) is 23.8. The fraction of sp³-hybridized carbons (Fsp3) is 0.0588. The van der Waals surface area contributed by atoms with Crippen molar-refractivity contribution in [3.8, 4) is 16.9 Å². The molecule has 3 heteroatoms. The predicted molar refractivity (Wildman–Crippen MR) is 75.8 cm³/mol. The molecule has 1 aliphatic rings. The average Bonchev–Trinajstić information content (AvgIpc) is 2.73. The molecule has 2 aromatic rings. The van der Waals surface area contributed by atoms with Gasteiger partial charge in [-0.15, -0.1) is 0 Å². The Morgan fingerprint density at radius 2 is 1.65 bits per heavy atom. The predicted octanol–water partition coefficient (Wildman–Crippen LogP) is 3.38. The van der Waals surface area contributed by atoms with Crippen LogP contribution in [0.4, 0.5) is 0 Å². The molecule has 0 saturated carbocycles. The number of ether oxygens (including phenoxy) is 1. The van der Waals surface area contributed by atoms with Gasteiger partial charge in [0.1, 0.15) is 5.75 Å². The lowest BCUT2D eigenvalue weighted by molar-refractivity contribution is -0.130. The molecule has 0 saturated heterocycles. The number of hydrogen-bond donors (Lipinski definition) is 0. The van der Waals surface area contributed by atoms with Crippen molar-refractivity contribution in [2.24, 2.45) is 0 Å². The van der Waals surface area contributed by atoms with Gasteiger partial charge in [0, 0.05) is 16.7 Å². The van der Waals surface area contributed by atoms with E-state index in [0.717, 1.165) is 11.1 Å². The zero-order chi connectivity index (χ0) is 14.3. The van der Waals surface area contributed by atoms with Crippen LogP contribution in [0, 0.1) is 0 Å². The number of esters is 1. The Hall–Kier alpha value is -2.68. The summed E-state index contributed by atoms with van der Waals surface area (Å²) in [6.45, 7) is 5.11. The quantitative estimate of drug-likeness (QED) is 0.405. The Morgan fingerprint density at radius 1 is 1.00 bits per heavy atom. The summed E-state index contributed by atoms with van der Waals surface area (Å²) in [6, 6.07) is 12.6. The van der Waals surface area contributed by atoms with Gasteiger partial charge in [0.05, 0.1) is 0 Å². The average molecular weight is 264 g/mol. The van der Waals surface area contributed by atoms with E-state index in [9.17, 15) is 9.59 Å². The summed E-state index contributed by atoms with van der Waals surface area (Å²) < 4.78 is 5.16. The largest absolute Gasteiger partial charge is 0.423 e. The molecular formula is C17H12O3. The van der Waals surface area contributed by atoms with Gasteiger partial charge in [-0.3, -0.25) is 4.79 Å². The smallest absolute Gasteiger partial charge is 0.338 e. The first-order valence-electron chi connectivity index (χ1n) is 6.24. The summed E-state index contributed by atoms with van der Waals surface area (Å²) in [5.74, 6) is -0.172. The normalized spacial score (nSPS) is 11.8. The monoisotopic (exact) mass is 264 g/mol. The highest BCUT2D eigenvalue weighted by Gasteiger charge is 2.26. The number of hydrogen-bond acceptors (Lipinski definition) is 3. The van der Waals surface area contributed by atoms with Crippen molar-refractivity contribution in [3.05, 3.63) is 65.7 Å². The van der Waals surface area contributed by atoms with Crippen LogP contribution < -0.4 is 4.74 Å².